The Hall–Kier alpha value is -1.90. The van der Waals surface area contributed by atoms with Gasteiger partial charge in [-0.3, -0.25) is 4.79 Å². The first-order valence-corrected chi connectivity index (χ1v) is 11.4. The van der Waals surface area contributed by atoms with Crippen molar-refractivity contribution in [2.45, 2.75) is 71.3 Å². The molecule has 3 nitrogen and oxygen atoms in total. The summed E-state index contributed by atoms with van der Waals surface area (Å²) < 4.78 is 6.10. The molecule has 0 heterocycles. The van der Waals surface area contributed by atoms with Crippen molar-refractivity contribution in [1.82, 2.24) is 0 Å². The van der Waals surface area contributed by atoms with Crippen LogP contribution in [0.5, 0.6) is 0 Å². The predicted octanol–water partition coefficient (Wildman–Crippen LogP) is 5.74. The summed E-state index contributed by atoms with van der Waals surface area (Å²) in [7, 11) is 0. The van der Waals surface area contributed by atoms with Gasteiger partial charge in [-0.25, -0.2) is 4.79 Å². The third-order valence-electron chi connectivity index (χ3n) is 9.13. The van der Waals surface area contributed by atoms with Gasteiger partial charge in [0.05, 0.1) is 5.56 Å². The lowest BCUT2D eigenvalue weighted by atomic mass is 9.47. The fourth-order valence-electron chi connectivity index (χ4n) is 7.48. The van der Waals surface area contributed by atoms with E-state index in [2.05, 4.69) is 13.8 Å². The number of hydrogen-bond donors (Lipinski definition) is 0. The number of carbonyl (C=O) groups excluding carboxylic acids is 2. The summed E-state index contributed by atoms with van der Waals surface area (Å²) in [4.78, 5) is 24.7. The van der Waals surface area contributed by atoms with Gasteiger partial charge in [-0.05, 0) is 86.3 Å². The molecule has 3 heteroatoms. The van der Waals surface area contributed by atoms with Crippen molar-refractivity contribution in [3.05, 3.63) is 47.5 Å². The third kappa shape index (κ3) is 2.92. The van der Waals surface area contributed by atoms with E-state index in [0.29, 0.717) is 35.5 Å². The molecule has 4 aliphatic carbocycles. The lowest BCUT2D eigenvalue weighted by Gasteiger charge is -2.57. The summed E-state index contributed by atoms with van der Waals surface area (Å²) >= 11 is 0. The maximum absolute atomic E-state index is 12.7. The van der Waals surface area contributed by atoms with Crippen molar-refractivity contribution >= 4 is 11.8 Å². The van der Waals surface area contributed by atoms with Crippen molar-refractivity contribution < 1.29 is 14.3 Å². The minimum atomic E-state index is -0.175. The molecule has 0 radical (unpaired) electrons. The Kier molecular flexibility index (Phi) is 4.49. The molecule has 1 aromatic carbocycles. The Labute approximate surface area is 173 Å². The molecule has 0 N–H and O–H groups in total. The predicted molar refractivity (Wildman–Crippen MR) is 112 cm³/mol. The van der Waals surface area contributed by atoms with Gasteiger partial charge in [-0.2, -0.15) is 0 Å². The molecule has 0 amide bonds. The Bertz CT molecular complexity index is 856. The van der Waals surface area contributed by atoms with Crippen LogP contribution in [-0.4, -0.2) is 17.9 Å². The maximum Gasteiger partial charge on any atom is 0.338 e. The summed E-state index contributed by atoms with van der Waals surface area (Å²) in [6, 6.07) is 9.39. The minimum absolute atomic E-state index is 0.0267. The van der Waals surface area contributed by atoms with E-state index in [1.807, 2.05) is 36.4 Å². The molecule has 154 valence electrons. The van der Waals surface area contributed by atoms with Gasteiger partial charge in [0, 0.05) is 11.8 Å². The number of ether oxygens (including phenoxy) is 1. The summed E-state index contributed by atoms with van der Waals surface area (Å²) in [5.74, 6) is 2.16. The van der Waals surface area contributed by atoms with E-state index in [1.165, 1.54) is 24.8 Å². The highest BCUT2D eigenvalue weighted by molar-refractivity contribution is 5.91. The molecular weight excluding hydrogens is 360 g/mol. The molecule has 29 heavy (non-hydrogen) atoms. The fourth-order valence-corrected chi connectivity index (χ4v) is 7.48. The number of allylic oxidation sites excluding steroid dienone is 1. The van der Waals surface area contributed by atoms with E-state index in [4.69, 9.17) is 4.74 Å². The average molecular weight is 393 g/mol. The maximum atomic E-state index is 12.7. The second-order valence-electron chi connectivity index (χ2n) is 10.4. The highest BCUT2D eigenvalue weighted by atomic mass is 16.5. The van der Waals surface area contributed by atoms with Crippen LogP contribution >= 0.6 is 0 Å². The van der Waals surface area contributed by atoms with Gasteiger partial charge in [0.25, 0.3) is 0 Å². The number of hydrogen-bond acceptors (Lipinski definition) is 3. The molecule has 0 unspecified atom stereocenters. The second kappa shape index (κ2) is 6.82. The smallest absolute Gasteiger partial charge is 0.338 e. The summed E-state index contributed by atoms with van der Waals surface area (Å²) in [5, 5.41) is 0. The largest absolute Gasteiger partial charge is 0.458 e. The zero-order valence-electron chi connectivity index (χ0n) is 17.7. The zero-order valence-corrected chi connectivity index (χ0v) is 17.7. The van der Waals surface area contributed by atoms with Crippen LogP contribution in [0.15, 0.2) is 42.0 Å². The molecule has 0 saturated heterocycles. The van der Waals surface area contributed by atoms with E-state index < -0.39 is 0 Å². The monoisotopic (exact) mass is 392 g/mol. The van der Waals surface area contributed by atoms with E-state index in [0.717, 1.165) is 25.7 Å². The zero-order chi connectivity index (χ0) is 20.2. The van der Waals surface area contributed by atoms with Crippen LogP contribution in [0.4, 0.5) is 0 Å². The topological polar surface area (TPSA) is 43.4 Å². The number of rotatable bonds is 2. The molecule has 0 aromatic heterocycles. The Morgan fingerprint density at radius 2 is 1.76 bits per heavy atom. The van der Waals surface area contributed by atoms with Gasteiger partial charge < -0.3 is 4.74 Å². The second-order valence-corrected chi connectivity index (χ2v) is 10.4. The van der Waals surface area contributed by atoms with Crippen molar-refractivity contribution in [1.29, 1.82) is 0 Å². The molecule has 0 bridgehead atoms. The van der Waals surface area contributed by atoms with Crippen molar-refractivity contribution in [2.24, 2.45) is 28.6 Å². The molecule has 0 aliphatic heterocycles. The molecular formula is C26H32O3. The molecule has 0 spiro atoms. The van der Waals surface area contributed by atoms with E-state index >= 15 is 0 Å². The lowest BCUT2D eigenvalue weighted by molar-refractivity contribution is -0.118. The van der Waals surface area contributed by atoms with E-state index in [1.54, 1.807) is 0 Å². The minimum Gasteiger partial charge on any atom is -0.458 e. The third-order valence-corrected chi connectivity index (χ3v) is 9.13. The fraction of sp³-hybridized carbons (Fsp3) is 0.615. The number of carbonyl (C=O) groups is 2. The van der Waals surface area contributed by atoms with Gasteiger partial charge in [0.15, 0.2) is 5.78 Å². The van der Waals surface area contributed by atoms with Crippen molar-refractivity contribution in [3.63, 3.8) is 0 Å². The Morgan fingerprint density at radius 1 is 0.966 bits per heavy atom. The highest BCUT2D eigenvalue weighted by Gasteiger charge is 2.59. The number of ketones is 1. The standard InChI is InChI=1S/C26H32O3/c1-25-14-12-19(27)16-18(25)8-9-20-21-10-11-23(26(21,2)15-13-22(20)25)29-24(28)17-6-4-3-5-7-17/h3-7,16,20-23H,8-15H2,1-2H3/t20-,21-,22-,23+,25-,26-/m0/s1. The van der Waals surface area contributed by atoms with Gasteiger partial charge >= 0.3 is 5.97 Å². The quantitative estimate of drug-likeness (QED) is 0.603. The van der Waals surface area contributed by atoms with Gasteiger partial charge in [-0.15, -0.1) is 0 Å². The summed E-state index contributed by atoms with van der Waals surface area (Å²) in [5.41, 5.74) is 2.37. The van der Waals surface area contributed by atoms with Gasteiger partial charge in [0.1, 0.15) is 6.10 Å². The Balaban J connectivity index is 1.37. The van der Waals surface area contributed by atoms with Crippen LogP contribution in [0.3, 0.4) is 0 Å². The van der Waals surface area contributed by atoms with E-state index in [-0.39, 0.29) is 22.9 Å². The van der Waals surface area contributed by atoms with E-state index in [9.17, 15) is 9.59 Å². The average Bonchev–Trinajstić information content (AvgIpc) is 3.05. The van der Waals surface area contributed by atoms with Crippen molar-refractivity contribution in [3.8, 4) is 0 Å². The van der Waals surface area contributed by atoms with Gasteiger partial charge in [-0.1, -0.05) is 37.6 Å². The normalized spacial score (nSPS) is 41.0. The van der Waals surface area contributed by atoms with Crippen LogP contribution in [0.1, 0.15) is 75.6 Å². The molecule has 3 fully saturated rings. The lowest BCUT2D eigenvalue weighted by Crippen LogP contribution is -2.51. The highest BCUT2D eigenvalue weighted by Crippen LogP contribution is 2.65. The van der Waals surface area contributed by atoms with Crippen LogP contribution in [0, 0.1) is 28.6 Å². The first-order valence-electron chi connectivity index (χ1n) is 11.4. The van der Waals surface area contributed by atoms with Crippen LogP contribution < -0.4 is 0 Å². The molecule has 3 saturated carbocycles. The molecule has 5 rings (SSSR count). The molecule has 6 atom stereocenters. The van der Waals surface area contributed by atoms with Crippen LogP contribution in [-0.2, 0) is 9.53 Å². The number of fused-ring (bicyclic) bond motifs is 5. The van der Waals surface area contributed by atoms with Crippen LogP contribution in [0.2, 0.25) is 0 Å². The van der Waals surface area contributed by atoms with Gasteiger partial charge in [0.2, 0.25) is 0 Å². The molecule has 4 aliphatic rings. The Morgan fingerprint density at radius 3 is 2.55 bits per heavy atom. The summed E-state index contributed by atoms with van der Waals surface area (Å²) in [6.07, 6.45) is 10.5. The first kappa shape index (κ1) is 19.1. The SMILES string of the molecule is C[C@]12CC[C@H]3[C@@H](CCC4=CC(=O)CC[C@@]43C)[C@@H]1CC[C@H]2OC(=O)c1ccccc1. The first-order chi connectivity index (χ1) is 13.9. The number of benzene rings is 1. The molecule has 1 aromatic rings. The van der Waals surface area contributed by atoms with Crippen LogP contribution in [0.25, 0.3) is 0 Å². The summed E-state index contributed by atoms with van der Waals surface area (Å²) in [6.45, 7) is 4.80. The van der Waals surface area contributed by atoms with Crippen molar-refractivity contribution in [2.75, 3.05) is 0 Å². The number of esters is 1.